The van der Waals surface area contributed by atoms with E-state index in [0.717, 1.165) is 24.3 Å². The molecule has 2 rings (SSSR count). The van der Waals surface area contributed by atoms with Crippen LogP contribution in [-0.2, 0) is 0 Å². The molecule has 0 aliphatic rings. The molecule has 2 aromatic rings. The first-order chi connectivity index (χ1) is 9.90. The number of hydrogen-bond donors (Lipinski definition) is 2. The van der Waals surface area contributed by atoms with E-state index in [9.17, 15) is 18.4 Å². The smallest absolute Gasteiger partial charge is 0.337 e. The van der Waals surface area contributed by atoms with Gasteiger partial charge in [-0.3, -0.25) is 4.79 Å². The van der Waals surface area contributed by atoms with Crippen molar-refractivity contribution in [2.75, 3.05) is 5.32 Å². The second kappa shape index (κ2) is 6.01. The third-order valence-electron chi connectivity index (χ3n) is 2.65. The number of carbonyl (C=O) groups is 2. The molecule has 21 heavy (non-hydrogen) atoms. The van der Waals surface area contributed by atoms with Gasteiger partial charge in [0.25, 0.3) is 5.91 Å². The summed E-state index contributed by atoms with van der Waals surface area (Å²) in [5.74, 6) is -3.72. The molecule has 0 saturated heterocycles. The minimum absolute atomic E-state index is 0.202. The molecule has 0 radical (unpaired) electrons. The van der Waals surface area contributed by atoms with Crippen molar-refractivity contribution in [3.8, 4) is 0 Å². The lowest BCUT2D eigenvalue weighted by molar-refractivity contribution is 0.0698. The van der Waals surface area contributed by atoms with Gasteiger partial charge >= 0.3 is 5.97 Å². The molecule has 2 aromatic carbocycles. The normalized spacial score (nSPS) is 10.2. The molecular weight excluding hydrogens is 348 g/mol. The van der Waals surface area contributed by atoms with Crippen LogP contribution in [0, 0.1) is 11.6 Å². The van der Waals surface area contributed by atoms with Crippen molar-refractivity contribution < 1.29 is 23.5 Å². The average molecular weight is 356 g/mol. The van der Waals surface area contributed by atoms with Crippen LogP contribution in [0.2, 0.25) is 0 Å². The summed E-state index contributed by atoms with van der Waals surface area (Å²) in [6.07, 6.45) is 0. The van der Waals surface area contributed by atoms with Gasteiger partial charge in [0.1, 0.15) is 11.6 Å². The van der Waals surface area contributed by atoms with Crippen molar-refractivity contribution in [2.45, 2.75) is 0 Å². The average Bonchev–Trinajstić information content (AvgIpc) is 2.38. The van der Waals surface area contributed by atoms with Gasteiger partial charge in [0.15, 0.2) is 0 Å². The second-order valence-corrected chi connectivity index (χ2v) is 4.90. The van der Waals surface area contributed by atoms with Crippen LogP contribution < -0.4 is 5.32 Å². The van der Waals surface area contributed by atoms with Gasteiger partial charge in [0.05, 0.1) is 16.8 Å². The minimum atomic E-state index is -1.34. The number of carboxylic acid groups (broad SMARTS) is 1. The van der Waals surface area contributed by atoms with Crippen LogP contribution in [0.1, 0.15) is 20.7 Å². The van der Waals surface area contributed by atoms with Crippen LogP contribution in [0.5, 0.6) is 0 Å². The maximum atomic E-state index is 13.7. The number of halogens is 3. The van der Waals surface area contributed by atoms with E-state index in [4.69, 9.17) is 5.11 Å². The van der Waals surface area contributed by atoms with E-state index in [2.05, 4.69) is 21.2 Å². The molecule has 0 fully saturated rings. The van der Waals surface area contributed by atoms with E-state index in [0.29, 0.717) is 0 Å². The van der Waals surface area contributed by atoms with E-state index < -0.39 is 23.5 Å². The molecule has 0 atom stereocenters. The number of anilines is 1. The summed E-state index contributed by atoms with van der Waals surface area (Å²) in [6, 6.07) is 6.78. The van der Waals surface area contributed by atoms with Crippen LogP contribution in [0.15, 0.2) is 40.9 Å². The van der Waals surface area contributed by atoms with E-state index in [-0.39, 0.29) is 21.3 Å². The largest absolute Gasteiger partial charge is 0.478 e. The molecule has 7 heteroatoms. The van der Waals surface area contributed by atoms with Gasteiger partial charge in [-0.05, 0) is 46.3 Å². The molecule has 0 spiro atoms. The molecule has 0 aromatic heterocycles. The molecule has 0 unspecified atom stereocenters. The Morgan fingerprint density at radius 3 is 2.48 bits per heavy atom. The highest BCUT2D eigenvalue weighted by atomic mass is 79.9. The molecule has 0 heterocycles. The van der Waals surface area contributed by atoms with Crippen LogP contribution >= 0.6 is 15.9 Å². The molecule has 108 valence electrons. The van der Waals surface area contributed by atoms with Crippen LogP contribution in [0.25, 0.3) is 0 Å². The van der Waals surface area contributed by atoms with Gasteiger partial charge in [0.2, 0.25) is 0 Å². The highest BCUT2D eigenvalue weighted by molar-refractivity contribution is 9.10. The maximum absolute atomic E-state index is 13.7. The fraction of sp³-hybridized carbons (Fsp3) is 0. The number of amides is 1. The Hall–Kier alpha value is -2.28. The van der Waals surface area contributed by atoms with E-state index in [1.807, 2.05) is 0 Å². The Labute approximate surface area is 126 Å². The van der Waals surface area contributed by atoms with Crippen molar-refractivity contribution in [3.05, 3.63) is 63.6 Å². The summed E-state index contributed by atoms with van der Waals surface area (Å²) in [6.45, 7) is 0. The summed E-state index contributed by atoms with van der Waals surface area (Å²) in [4.78, 5) is 23.1. The van der Waals surface area contributed by atoms with Crippen molar-refractivity contribution in [3.63, 3.8) is 0 Å². The third-order valence-corrected chi connectivity index (χ3v) is 3.31. The van der Waals surface area contributed by atoms with Gasteiger partial charge in [0, 0.05) is 4.47 Å². The zero-order chi connectivity index (χ0) is 15.6. The number of carboxylic acids is 1. The first-order valence-electron chi connectivity index (χ1n) is 5.68. The number of benzene rings is 2. The number of rotatable bonds is 3. The second-order valence-electron chi connectivity index (χ2n) is 4.05. The Bertz CT molecular complexity index is 714. The van der Waals surface area contributed by atoms with Gasteiger partial charge in [-0.25, -0.2) is 13.6 Å². The number of aromatic carboxylic acids is 1. The lowest BCUT2D eigenvalue weighted by atomic mass is 10.1. The third kappa shape index (κ3) is 3.25. The molecule has 2 N–H and O–H groups in total. The number of hydrogen-bond acceptors (Lipinski definition) is 2. The van der Waals surface area contributed by atoms with Crippen LogP contribution in [0.3, 0.4) is 0 Å². The zero-order valence-electron chi connectivity index (χ0n) is 10.4. The molecule has 0 aliphatic heterocycles. The molecule has 1 amide bonds. The van der Waals surface area contributed by atoms with Crippen molar-refractivity contribution in [1.29, 1.82) is 0 Å². The molecule has 0 aliphatic carbocycles. The lowest BCUT2D eigenvalue weighted by Gasteiger charge is -2.10. The van der Waals surface area contributed by atoms with Crippen LogP contribution in [0.4, 0.5) is 14.5 Å². The van der Waals surface area contributed by atoms with Gasteiger partial charge in [-0.2, -0.15) is 0 Å². The zero-order valence-corrected chi connectivity index (χ0v) is 11.9. The molecule has 4 nitrogen and oxygen atoms in total. The summed E-state index contributed by atoms with van der Waals surface area (Å²) < 4.78 is 27.1. The van der Waals surface area contributed by atoms with E-state index in [1.165, 1.54) is 12.1 Å². The minimum Gasteiger partial charge on any atom is -0.478 e. The predicted octanol–water partition coefficient (Wildman–Crippen LogP) is 3.68. The number of carbonyl (C=O) groups excluding carboxylic acids is 1. The van der Waals surface area contributed by atoms with Crippen molar-refractivity contribution >= 4 is 33.5 Å². The standard InChI is InChI=1S/C14H8BrF2NO3/c15-9-2-1-3-10(17)12(9)13(19)18-11-6-7(16)4-5-8(11)14(20)21/h1-6H,(H,18,19)(H,20,21). The van der Waals surface area contributed by atoms with Gasteiger partial charge < -0.3 is 10.4 Å². The number of nitrogens with one attached hydrogen (secondary N) is 1. The highest BCUT2D eigenvalue weighted by Crippen LogP contribution is 2.23. The van der Waals surface area contributed by atoms with Crippen molar-refractivity contribution in [2.24, 2.45) is 0 Å². The van der Waals surface area contributed by atoms with Crippen LogP contribution in [-0.4, -0.2) is 17.0 Å². The Balaban J connectivity index is 2.40. The summed E-state index contributed by atoms with van der Waals surface area (Å²) >= 11 is 3.03. The fourth-order valence-electron chi connectivity index (χ4n) is 1.71. The van der Waals surface area contributed by atoms with Gasteiger partial charge in [-0.15, -0.1) is 0 Å². The Kier molecular flexibility index (Phi) is 4.32. The summed E-state index contributed by atoms with van der Waals surface area (Å²) in [7, 11) is 0. The Morgan fingerprint density at radius 2 is 1.86 bits per heavy atom. The fourth-order valence-corrected chi connectivity index (χ4v) is 2.23. The first-order valence-corrected chi connectivity index (χ1v) is 6.47. The lowest BCUT2D eigenvalue weighted by Crippen LogP contribution is -2.17. The summed E-state index contributed by atoms with van der Waals surface area (Å²) in [5.41, 5.74) is -0.835. The Morgan fingerprint density at radius 1 is 1.14 bits per heavy atom. The van der Waals surface area contributed by atoms with E-state index in [1.54, 1.807) is 0 Å². The highest BCUT2D eigenvalue weighted by Gasteiger charge is 2.19. The van der Waals surface area contributed by atoms with Crippen molar-refractivity contribution in [1.82, 2.24) is 0 Å². The molecule has 0 saturated carbocycles. The maximum Gasteiger partial charge on any atom is 0.337 e. The SMILES string of the molecule is O=C(O)c1ccc(F)cc1NC(=O)c1c(F)cccc1Br. The molecule has 0 bridgehead atoms. The predicted molar refractivity (Wildman–Crippen MR) is 75.4 cm³/mol. The first kappa shape index (κ1) is 15.1. The monoisotopic (exact) mass is 355 g/mol. The summed E-state index contributed by atoms with van der Waals surface area (Å²) in [5, 5.41) is 11.2. The van der Waals surface area contributed by atoms with E-state index >= 15 is 0 Å². The van der Waals surface area contributed by atoms with Gasteiger partial charge in [-0.1, -0.05) is 6.07 Å². The quantitative estimate of drug-likeness (QED) is 0.882. The molecular formula is C14H8BrF2NO3. The topological polar surface area (TPSA) is 66.4 Å².